The highest BCUT2D eigenvalue weighted by molar-refractivity contribution is 7.33. The van der Waals surface area contributed by atoms with Gasteiger partial charge in [0, 0.05) is 16.7 Å². The molecule has 8 heteroatoms. The number of ketones is 1. The lowest BCUT2D eigenvalue weighted by Gasteiger charge is -2.17. The van der Waals surface area contributed by atoms with E-state index < -0.39 is 20.1 Å². The zero-order valence-corrected chi connectivity index (χ0v) is 16.5. The van der Waals surface area contributed by atoms with Gasteiger partial charge in [0.15, 0.2) is 0 Å². The molecular formula is C19H22O7P+. The molecule has 144 valence electrons. The van der Waals surface area contributed by atoms with E-state index in [9.17, 15) is 9.36 Å². The summed E-state index contributed by atoms with van der Waals surface area (Å²) in [6.45, 7) is 1.88. The van der Waals surface area contributed by atoms with Crippen LogP contribution in [0.1, 0.15) is 28.9 Å². The lowest BCUT2D eigenvalue weighted by molar-refractivity contribution is 0.0762. The molecule has 2 aromatic rings. The van der Waals surface area contributed by atoms with Crippen LogP contribution in [0.15, 0.2) is 42.5 Å². The first-order chi connectivity index (χ1) is 13.0. The molecule has 27 heavy (non-hydrogen) atoms. The van der Waals surface area contributed by atoms with Gasteiger partial charge in [0.1, 0.15) is 29.4 Å². The summed E-state index contributed by atoms with van der Waals surface area (Å²) in [5, 5.41) is 0. The average Bonchev–Trinajstić information content (AvgIpc) is 2.71. The fourth-order valence-corrected chi connectivity index (χ4v) is 3.15. The first kappa shape index (κ1) is 20.8. The monoisotopic (exact) mass is 393 g/mol. The van der Waals surface area contributed by atoms with E-state index in [4.69, 9.17) is 23.3 Å². The molecule has 0 saturated carbocycles. The number of benzene rings is 2. The molecular weight excluding hydrogens is 371 g/mol. The maximum atomic E-state index is 13.3. The molecule has 0 N–H and O–H groups in total. The molecule has 7 nitrogen and oxygen atoms in total. The molecule has 0 aromatic heterocycles. The molecule has 2 rings (SSSR count). The average molecular weight is 393 g/mol. The molecule has 2 unspecified atom stereocenters. The Hall–Kier alpha value is -2.47. The first-order valence-corrected chi connectivity index (χ1v) is 9.31. The zero-order chi connectivity index (χ0) is 19.8. The maximum Gasteiger partial charge on any atom is 0.698 e. The van der Waals surface area contributed by atoms with Crippen LogP contribution >= 0.6 is 8.25 Å². The van der Waals surface area contributed by atoms with E-state index in [0.717, 1.165) is 0 Å². The summed E-state index contributed by atoms with van der Waals surface area (Å²) in [5.41, 5.74) is 0.694. The Balaban J connectivity index is 2.53. The van der Waals surface area contributed by atoms with Crippen LogP contribution in [0.3, 0.4) is 0 Å². The van der Waals surface area contributed by atoms with Crippen LogP contribution < -0.4 is 14.2 Å². The van der Waals surface area contributed by atoms with Crippen LogP contribution in [-0.4, -0.2) is 33.7 Å². The van der Waals surface area contributed by atoms with Crippen LogP contribution in [-0.2, 0) is 13.6 Å². The van der Waals surface area contributed by atoms with Crippen LogP contribution in [0.4, 0.5) is 0 Å². The van der Waals surface area contributed by atoms with Gasteiger partial charge in [-0.2, -0.15) is 0 Å². The van der Waals surface area contributed by atoms with Crippen molar-refractivity contribution in [1.29, 1.82) is 0 Å². The van der Waals surface area contributed by atoms with Gasteiger partial charge in [0.2, 0.25) is 11.9 Å². The lowest BCUT2D eigenvalue weighted by atomic mass is 9.98. The summed E-state index contributed by atoms with van der Waals surface area (Å²) in [5.74, 6) is 0.512. The topological polar surface area (TPSA) is 80.3 Å². The molecule has 0 saturated heterocycles. The van der Waals surface area contributed by atoms with E-state index in [1.54, 1.807) is 43.3 Å². The minimum Gasteiger partial charge on any atom is -0.496 e. The molecule has 0 bridgehead atoms. The minimum atomic E-state index is -2.48. The highest BCUT2D eigenvalue weighted by atomic mass is 31.1. The number of carbonyl (C=O) groups excluding carboxylic acids is 1. The van der Waals surface area contributed by atoms with Crippen molar-refractivity contribution in [2.24, 2.45) is 0 Å². The summed E-state index contributed by atoms with van der Waals surface area (Å²) < 4.78 is 38.4. The zero-order valence-electron chi connectivity index (χ0n) is 15.6. The summed E-state index contributed by atoms with van der Waals surface area (Å²) in [6, 6.07) is 11.9. The Morgan fingerprint density at radius 1 is 1.00 bits per heavy atom. The van der Waals surface area contributed by atoms with Gasteiger partial charge in [-0.1, -0.05) is 30.3 Å². The fraction of sp³-hybridized carbons (Fsp3) is 0.316. The highest BCUT2D eigenvalue weighted by Crippen LogP contribution is 2.41. The van der Waals surface area contributed by atoms with E-state index >= 15 is 0 Å². The number of hydrogen-bond acceptors (Lipinski definition) is 7. The molecule has 0 radical (unpaired) electrons. The molecule has 0 heterocycles. The summed E-state index contributed by atoms with van der Waals surface area (Å²) in [6.07, 6.45) is -1.16. The van der Waals surface area contributed by atoms with Crippen molar-refractivity contribution in [3.05, 3.63) is 53.6 Å². The van der Waals surface area contributed by atoms with E-state index in [0.29, 0.717) is 11.3 Å². The van der Waals surface area contributed by atoms with Crippen LogP contribution in [0, 0.1) is 0 Å². The quantitative estimate of drug-likeness (QED) is 0.439. The van der Waals surface area contributed by atoms with E-state index in [1.807, 2.05) is 6.07 Å². The standard InChI is InChI=1S/C19H22O7P/c1-5-25-27(21)26-19(13-9-7-6-8-10-13)18(20)17-15(23-3)11-14(22-2)12-16(17)24-4/h6-12,19H,5H2,1-4H3/q+1. The van der Waals surface area contributed by atoms with Gasteiger partial charge in [-0.25, -0.2) is 0 Å². The number of ether oxygens (including phenoxy) is 3. The van der Waals surface area contributed by atoms with Crippen molar-refractivity contribution in [2.75, 3.05) is 27.9 Å². The van der Waals surface area contributed by atoms with Crippen molar-refractivity contribution in [2.45, 2.75) is 13.0 Å². The highest BCUT2D eigenvalue weighted by Gasteiger charge is 2.37. The first-order valence-electron chi connectivity index (χ1n) is 8.21. The van der Waals surface area contributed by atoms with Gasteiger partial charge in [-0.05, 0) is 12.5 Å². The van der Waals surface area contributed by atoms with Crippen LogP contribution in [0.25, 0.3) is 0 Å². The Labute approximate surface area is 159 Å². The second-order valence-corrected chi connectivity index (χ2v) is 6.22. The number of hydrogen-bond donors (Lipinski definition) is 0. The molecule has 0 fully saturated rings. The van der Waals surface area contributed by atoms with Crippen molar-refractivity contribution in [3.8, 4) is 17.2 Å². The Kier molecular flexibility index (Phi) is 7.73. The van der Waals surface area contributed by atoms with Crippen molar-refractivity contribution in [1.82, 2.24) is 0 Å². The Bertz CT molecular complexity index is 767. The van der Waals surface area contributed by atoms with Crippen LogP contribution in [0.5, 0.6) is 17.2 Å². The summed E-state index contributed by atoms with van der Waals surface area (Å²) >= 11 is 0. The number of methoxy groups -OCH3 is 3. The van der Waals surface area contributed by atoms with Gasteiger partial charge in [-0.3, -0.25) is 4.79 Å². The molecule has 0 aliphatic rings. The maximum absolute atomic E-state index is 13.3. The second-order valence-electron chi connectivity index (χ2n) is 5.31. The minimum absolute atomic E-state index is 0.162. The third kappa shape index (κ3) is 5.04. The molecule has 0 aliphatic heterocycles. The largest absolute Gasteiger partial charge is 0.698 e. The van der Waals surface area contributed by atoms with E-state index in [1.165, 1.54) is 21.3 Å². The SMILES string of the molecule is CCO[P+](=O)OC(C(=O)c1c(OC)cc(OC)cc1OC)c1ccccc1. The van der Waals surface area contributed by atoms with Gasteiger partial charge < -0.3 is 14.2 Å². The number of Topliss-reactive ketones (excluding diaryl/α,β-unsaturated/α-hetero) is 1. The van der Waals surface area contributed by atoms with E-state index in [-0.39, 0.29) is 23.7 Å². The number of rotatable bonds is 10. The Morgan fingerprint density at radius 3 is 2.07 bits per heavy atom. The molecule has 0 aliphatic carbocycles. The normalized spacial score (nSPS) is 12.2. The van der Waals surface area contributed by atoms with Gasteiger partial charge in [-0.15, -0.1) is 9.05 Å². The van der Waals surface area contributed by atoms with E-state index in [2.05, 4.69) is 0 Å². The molecule has 2 atom stereocenters. The predicted octanol–water partition coefficient (Wildman–Crippen LogP) is 4.35. The summed E-state index contributed by atoms with van der Waals surface area (Å²) in [4.78, 5) is 13.3. The van der Waals surface area contributed by atoms with Crippen LogP contribution in [0.2, 0.25) is 0 Å². The van der Waals surface area contributed by atoms with Gasteiger partial charge >= 0.3 is 8.25 Å². The fourth-order valence-electron chi connectivity index (χ4n) is 2.49. The van der Waals surface area contributed by atoms with Gasteiger partial charge in [0.25, 0.3) is 0 Å². The third-order valence-electron chi connectivity index (χ3n) is 3.73. The van der Waals surface area contributed by atoms with Gasteiger partial charge in [0.05, 0.1) is 21.3 Å². The smallest absolute Gasteiger partial charge is 0.496 e. The summed E-state index contributed by atoms with van der Waals surface area (Å²) in [7, 11) is 1.89. The van der Waals surface area contributed by atoms with Crippen molar-refractivity contribution in [3.63, 3.8) is 0 Å². The van der Waals surface area contributed by atoms with Crippen molar-refractivity contribution < 1.29 is 32.6 Å². The van der Waals surface area contributed by atoms with Crippen molar-refractivity contribution >= 4 is 14.0 Å². The number of carbonyl (C=O) groups is 1. The molecule has 0 spiro atoms. The third-order valence-corrected chi connectivity index (χ3v) is 4.58. The molecule has 2 aromatic carbocycles. The Morgan fingerprint density at radius 2 is 1.59 bits per heavy atom. The lowest BCUT2D eigenvalue weighted by Crippen LogP contribution is -2.16. The molecule has 0 amide bonds. The predicted molar refractivity (Wildman–Crippen MR) is 99.9 cm³/mol. The second kappa shape index (κ2) is 10.0.